The van der Waals surface area contributed by atoms with Gasteiger partial charge in [-0.25, -0.2) is 9.78 Å². The lowest BCUT2D eigenvalue weighted by molar-refractivity contribution is -0.140. The molecule has 2 aliphatic rings. The van der Waals surface area contributed by atoms with Gasteiger partial charge in [0.15, 0.2) is 0 Å². The van der Waals surface area contributed by atoms with Gasteiger partial charge in [0.25, 0.3) is 0 Å². The van der Waals surface area contributed by atoms with E-state index in [1.165, 1.54) is 7.11 Å². The van der Waals surface area contributed by atoms with E-state index in [0.29, 0.717) is 19.4 Å². The number of hydrogen-bond acceptors (Lipinski definition) is 8. The van der Waals surface area contributed by atoms with Crippen LogP contribution in [0.3, 0.4) is 0 Å². The first kappa shape index (κ1) is 23.9. The van der Waals surface area contributed by atoms with Crippen molar-refractivity contribution >= 4 is 23.4 Å². The number of hydrogen-bond donors (Lipinski definition) is 0. The van der Waals surface area contributed by atoms with Crippen molar-refractivity contribution in [2.75, 3.05) is 26.7 Å². The highest BCUT2D eigenvalue weighted by atomic mass is 32.1. The SMILES string of the molecule is COC(=O)CCc1cnc([C@@H]2C[C@H](N3C[C@@H](C)O[C@@H](C)C3)CN2C(=O)OC(C)(C)C)s1. The van der Waals surface area contributed by atoms with Crippen molar-refractivity contribution in [3.8, 4) is 0 Å². The number of aryl methyl sites for hydroxylation is 1. The lowest BCUT2D eigenvalue weighted by atomic mass is 10.1. The van der Waals surface area contributed by atoms with Gasteiger partial charge < -0.3 is 14.2 Å². The van der Waals surface area contributed by atoms with E-state index in [9.17, 15) is 9.59 Å². The van der Waals surface area contributed by atoms with E-state index in [-0.39, 0.29) is 36.4 Å². The van der Waals surface area contributed by atoms with Crippen molar-refractivity contribution in [2.24, 2.45) is 0 Å². The Morgan fingerprint density at radius 2 is 1.90 bits per heavy atom. The minimum Gasteiger partial charge on any atom is -0.469 e. The molecule has 9 heteroatoms. The van der Waals surface area contributed by atoms with Crippen LogP contribution in [0.5, 0.6) is 0 Å². The predicted molar refractivity (Wildman–Crippen MR) is 118 cm³/mol. The monoisotopic (exact) mass is 453 g/mol. The largest absolute Gasteiger partial charge is 0.469 e. The summed E-state index contributed by atoms with van der Waals surface area (Å²) < 4.78 is 16.3. The number of thiazole rings is 1. The molecule has 0 bridgehead atoms. The number of amides is 1. The number of carbonyl (C=O) groups excluding carboxylic acids is 2. The van der Waals surface area contributed by atoms with Gasteiger partial charge in [-0.1, -0.05) is 0 Å². The van der Waals surface area contributed by atoms with Crippen LogP contribution in [-0.4, -0.2) is 77.4 Å². The van der Waals surface area contributed by atoms with Gasteiger partial charge in [-0.2, -0.15) is 0 Å². The third-order valence-corrected chi connectivity index (χ3v) is 6.69. The minimum atomic E-state index is -0.559. The van der Waals surface area contributed by atoms with Crippen LogP contribution >= 0.6 is 11.3 Å². The summed E-state index contributed by atoms with van der Waals surface area (Å²) in [5.74, 6) is -0.234. The number of aromatic nitrogens is 1. The summed E-state index contributed by atoms with van der Waals surface area (Å²) in [6.07, 6.45) is 3.56. The van der Waals surface area contributed by atoms with Crippen molar-refractivity contribution in [2.45, 2.75) is 83.8 Å². The molecule has 1 amide bonds. The molecule has 0 N–H and O–H groups in total. The number of esters is 1. The van der Waals surface area contributed by atoms with Gasteiger partial charge in [-0.3, -0.25) is 14.6 Å². The van der Waals surface area contributed by atoms with Crippen LogP contribution in [0.2, 0.25) is 0 Å². The highest BCUT2D eigenvalue weighted by Crippen LogP contribution is 2.38. The summed E-state index contributed by atoms with van der Waals surface area (Å²) in [6, 6.07) is 0.0962. The van der Waals surface area contributed by atoms with Gasteiger partial charge in [0.05, 0.1) is 31.8 Å². The Hall–Kier alpha value is -1.71. The number of likely N-dealkylation sites (tertiary alicyclic amines) is 1. The topological polar surface area (TPSA) is 81.2 Å². The summed E-state index contributed by atoms with van der Waals surface area (Å²) in [6.45, 7) is 12.1. The second-order valence-electron chi connectivity index (χ2n) is 9.49. The molecule has 2 saturated heterocycles. The van der Waals surface area contributed by atoms with Crippen LogP contribution in [0, 0.1) is 0 Å². The van der Waals surface area contributed by atoms with E-state index in [0.717, 1.165) is 29.4 Å². The molecule has 31 heavy (non-hydrogen) atoms. The van der Waals surface area contributed by atoms with Gasteiger partial charge in [0.2, 0.25) is 0 Å². The molecule has 0 spiro atoms. The Morgan fingerprint density at radius 1 is 1.23 bits per heavy atom. The molecule has 3 rings (SSSR count). The van der Waals surface area contributed by atoms with Crippen molar-refractivity contribution in [1.29, 1.82) is 0 Å². The number of rotatable bonds is 5. The molecule has 0 unspecified atom stereocenters. The summed E-state index contributed by atoms with van der Waals surface area (Å²) in [7, 11) is 1.39. The normalized spacial score (nSPS) is 27.4. The first-order chi connectivity index (χ1) is 14.6. The van der Waals surface area contributed by atoms with Gasteiger partial charge in [0.1, 0.15) is 10.6 Å². The van der Waals surface area contributed by atoms with Gasteiger partial charge in [-0.05, 0) is 47.5 Å². The standard InChI is InChI=1S/C22H35N3O5S/c1-14-11-24(12-15(2)29-14)16-9-18(25(13-16)21(27)30-22(3,4)5)20-23-10-17(31-20)7-8-19(26)28-6/h10,14-16,18H,7-9,11-13H2,1-6H3/t14-,15+,16-,18-/m0/s1. The molecule has 1 aromatic rings. The molecule has 8 nitrogen and oxygen atoms in total. The maximum Gasteiger partial charge on any atom is 0.410 e. The van der Waals surface area contributed by atoms with Crippen LogP contribution in [0.15, 0.2) is 6.20 Å². The second-order valence-corrected chi connectivity index (χ2v) is 10.6. The molecule has 2 fully saturated rings. The molecule has 0 radical (unpaired) electrons. The van der Waals surface area contributed by atoms with E-state index in [4.69, 9.17) is 14.2 Å². The third kappa shape index (κ3) is 6.40. The number of ether oxygens (including phenoxy) is 3. The molecular weight excluding hydrogens is 418 g/mol. The molecular formula is C22H35N3O5S. The highest BCUT2D eigenvalue weighted by molar-refractivity contribution is 7.11. The van der Waals surface area contributed by atoms with Gasteiger partial charge >= 0.3 is 12.1 Å². The number of methoxy groups -OCH3 is 1. The minimum absolute atomic E-state index is 0.134. The van der Waals surface area contributed by atoms with Gasteiger partial charge in [0, 0.05) is 36.8 Å². The molecule has 174 valence electrons. The molecule has 2 aliphatic heterocycles. The van der Waals surface area contributed by atoms with E-state index >= 15 is 0 Å². The maximum absolute atomic E-state index is 13.0. The average molecular weight is 454 g/mol. The quantitative estimate of drug-likeness (QED) is 0.632. The third-order valence-electron chi connectivity index (χ3n) is 5.53. The number of morpholine rings is 1. The van der Waals surface area contributed by atoms with Crippen LogP contribution in [0.1, 0.15) is 63.4 Å². The molecule has 3 heterocycles. The first-order valence-corrected chi connectivity index (χ1v) is 11.8. The zero-order valence-corrected chi connectivity index (χ0v) is 20.2. The van der Waals surface area contributed by atoms with Crippen molar-refractivity contribution in [3.05, 3.63) is 16.1 Å². The molecule has 0 aliphatic carbocycles. The van der Waals surface area contributed by atoms with E-state index < -0.39 is 5.60 Å². The highest BCUT2D eigenvalue weighted by Gasteiger charge is 2.43. The molecule has 0 aromatic carbocycles. The van der Waals surface area contributed by atoms with Gasteiger partial charge in [-0.15, -0.1) is 11.3 Å². The van der Waals surface area contributed by atoms with Crippen molar-refractivity contribution < 1.29 is 23.8 Å². The Labute approximate surface area is 188 Å². The maximum atomic E-state index is 13.0. The fourth-order valence-corrected chi connectivity index (χ4v) is 5.31. The number of carbonyl (C=O) groups is 2. The molecule has 0 saturated carbocycles. The average Bonchev–Trinajstić information content (AvgIpc) is 3.31. The molecule has 4 atom stereocenters. The van der Waals surface area contributed by atoms with Crippen LogP contribution in [0.4, 0.5) is 4.79 Å². The zero-order valence-electron chi connectivity index (χ0n) is 19.4. The summed E-state index contributed by atoms with van der Waals surface area (Å²) in [4.78, 5) is 34.4. The lowest BCUT2D eigenvalue weighted by Crippen LogP contribution is -2.51. The Morgan fingerprint density at radius 3 is 2.52 bits per heavy atom. The van der Waals surface area contributed by atoms with Crippen LogP contribution in [-0.2, 0) is 25.4 Å². The Kier molecular flexibility index (Phi) is 7.59. The Balaban J connectivity index is 1.77. The molecule has 1 aromatic heterocycles. The van der Waals surface area contributed by atoms with Crippen molar-refractivity contribution in [3.63, 3.8) is 0 Å². The summed E-state index contributed by atoms with van der Waals surface area (Å²) in [5, 5.41) is 0.891. The summed E-state index contributed by atoms with van der Waals surface area (Å²) in [5.41, 5.74) is -0.559. The fraction of sp³-hybridized carbons (Fsp3) is 0.773. The number of nitrogens with zero attached hydrogens (tertiary/aromatic N) is 3. The Bertz CT molecular complexity index is 767. The first-order valence-electron chi connectivity index (χ1n) is 11.0. The van der Waals surface area contributed by atoms with Crippen LogP contribution < -0.4 is 0 Å². The van der Waals surface area contributed by atoms with E-state index in [2.05, 4.69) is 23.7 Å². The van der Waals surface area contributed by atoms with E-state index in [1.54, 1.807) is 11.3 Å². The smallest absolute Gasteiger partial charge is 0.410 e. The summed E-state index contributed by atoms with van der Waals surface area (Å²) >= 11 is 1.56. The van der Waals surface area contributed by atoms with Crippen molar-refractivity contribution in [1.82, 2.24) is 14.8 Å². The zero-order chi connectivity index (χ0) is 22.8. The second kappa shape index (κ2) is 9.83. The predicted octanol–water partition coefficient (Wildman–Crippen LogP) is 3.41. The van der Waals surface area contributed by atoms with E-state index in [1.807, 2.05) is 31.9 Å². The van der Waals surface area contributed by atoms with Crippen LogP contribution in [0.25, 0.3) is 0 Å². The lowest BCUT2D eigenvalue weighted by Gasteiger charge is -2.38. The fourth-order valence-electron chi connectivity index (χ4n) is 4.27.